The molecular formula is C15H24O3. The number of methoxy groups -OCH3 is 1. The molecule has 3 nitrogen and oxygen atoms in total. The molecule has 0 heterocycles. The van der Waals surface area contributed by atoms with Gasteiger partial charge >= 0.3 is 5.97 Å². The third kappa shape index (κ3) is 4.40. The summed E-state index contributed by atoms with van der Waals surface area (Å²) in [5.74, 6) is -0.275. The Morgan fingerprint density at radius 2 is 1.67 bits per heavy atom. The number of hydrogen-bond donors (Lipinski definition) is 1. The van der Waals surface area contributed by atoms with E-state index < -0.39 is 0 Å². The summed E-state index contributed by atoms with van der Waals surface area (Å²) < 4.78 is 4.67. The van der Waals surface area contributed by atoms with E-state index in [-0.39, 0.29) is 17.6 Å². The molecule has 0 aliphatic rings. The molecule has 0 bridgehead atoms. The van der Waals surface area contributed by atoms with Crippen LogP contribution in [0.25, 0.3) is 0 Å². The Labute approximate surface area is 110 Å². The van der Waals surface area contributed by atoms with Crippen LogP contribution in [0.4, 0.5) is 0 Å². The SMILES string of the molecule is CCC.COC(=O)C(C)c1cc(C)c(O)c(C)c1. The van der Waals surface area contributed by atoms with Crippen molar-refractivity contribution in [2.75, 3.05) is 7.11 Å². The van der Waals surface area contributed by atoms with Gasteiger partial charge in [-0.1, -0.05) is 32.4 Å². The fourth-order valence-corrected chi connectivity index (χ4v) is 1.55. The molecule has 1 atom stereocenters. The number of esters is 1. The molecule has 0 saturated carbocycles. The zero-order valence-electron chi connectivity index (χ0n) is 12.2. The van der Waals surface area contributed by atoms with Gasteiger partial charge in [-0.2, -0.15) is 0 Å². The third-order valence-corrected chi connectivity index (χ3v) is 2.57. The quantitative estimate of drug-likeness (QED) is 0.816. The summed E-state index contributed by atoms with van der Waals surface area (Å²) in [6.45, 7) is 9.67. The van der Waals surface area contributed by atoms with Gasteiger partial charge in [-0.3, -0.25) is 4.79 Å². The van der Waals surface area contributed by atoms with E-state index in [1.54, 1.807) is 6.92 Å². The first kappa shape index (κ1) is 16.5. The Kier molecular flexibility index (Phi) is 7.10. The van der Waals surface area contributed by atoms with E-state index in [1.165, 1.54) is 13.5 Å². The number of benzene rings is 1. The van der Waals surface area contributed by atoms with Crippen LogP contribution in [0.5, 0.6) is 5.75 Å². The molecule has 0 saturated heterocycles. The second-order valence-corrected chi connectivity index (χ2v) is 4.46. The standard InChI is InChI=1S/C12H16O3.C3H8/c1-7-5-10(6-8(2)11(7)13)9(3)12(14)15-4;1-3-2/h5-6,9,13H,1-4H3;3H2,1-2H3. The fraction of sp³-hybridized carbons (Fsp3) is 0.533. The highest BCUT2D eigenvalue weighted by Crippen LogP contribution is 2.27. The van der Waals surface area contributed by atoms with Crippen molar-refractivity contribution in [3.05, 3.63) is 28.8 Å². The van der Waals surface area contributed by atoms with Crippen molar-refractivity contribution < 1.29 is 14.6 Å². The number of aromatic hydroxyl groups is 1. The lowest BCUT2D eigenvalue weighted by atomic mass is 9.96. The van der Waals surface area contributed by atoms with Gasteiger partial charge in [0.1, 0.15) is 5.75 Å². The molecule has 0 amide bonds. The summed E-state index contributed by atoms with van der Waals surface area (Å²) in [4.78, 5) is 11.3. The van der Waals surface area contributed by atoms with E-state index >= 15 is 0 Å². The van der Waals surface area contributed by atoms with Crippen LogP contribution in [0.1, 0.15) is 49.8 Å². The highest BCUT2D eigenvalue weighted by Gasteiger charge is 2.17. The van der Waals surface area contributed by atoms with Crippen LogP contribution in [0.2, 0.25) is 0 Å². The van der Waals surface area contributed by atoms with E-state index in [2.05, 4.69) is 18.6 Å². The molecule has 1 rings (SSSR count). The smallest absolute Gasteiger partial charge is 0.312 e. The highest BCUT2D eigenvalue weighted by molar-refractivity contribution is 5.77. The largest absolute Gasteiger partial charge is 0.507 e. The Morgan fingerprint density at radius 3 is 2.00 bits per heavy atom. The zero-order chi connectivity index (χ0) is 14.3. The summed E-state index contributed by atoms with van der Waals surface area (Å²) in [5, 5.41) is 9.59. The maximum Gasteiger partial charge on any atom is 0.312 e. The first-order valence-corrected chi connectivity index (χ1v) is 6.26. The summed E-state index contributed by atoms with van der Waals surface area (Å²) in [5.41, 5.74) is 2.43. The van der Waals surface area contributed by atoms with E-state index in [4.69, 9.17) is 0 Å². The number of hydrogen-bond acceptors (Lipinski definition) is 3. The van der Waals surface area contributed by atoms with Gasteiger partial charge in [0.15, 0.2) is 0 Å². The molecule has 1 N–H and O–H groups in total. The first-order valence-electron chi connectivity index (χ1n) is 6.26. The number of rotatable bonds is 2. The van der Waals surface area contributed by atoms with E-state index in [0.717, 1.165) is 16.7 Å². The molecule has 0 fully saturated rings. The lowest BCUT2D eigenvalue weighted by Crippen LogP contribution is -2.11. The van der Waals surface area contributed by atoms with Crippen LogP contribution < -0.4 is 0 Å². The molecule has 0 aliphatic carbocycles. The molecular weight excluding hydrogens is 228 g/mol. The maximum absolute atomic E-state index is 11.3. The lowest BCUT2D eigenvalue weighted by molar-refractivity contribution is -0.141. The summed E-state index contributed by atoms with van der Waals surface area (Å²) in [7, 11) is 1.37. The topological polar surface area (TPSA) is 46.5 Å². The number of ether oxygens (including phenoxy) is 1. The van der Waals surface area contributed by atoms with Crippen LogP contribution in [0.3, 0.4) is 0 Å². The van der Waals surface area contributed by atoms with Gasteiger partial charge in [0.2, 0.25) is 0 Å². The Bertz CT molecular complexity index is 374. The molecule has 1 aromatic rings. The molecule has 102 valence electrons. The van der Waals surface area contributed by atoms with Crippen LogP contribution in [0, 0.1) is 13.8 Å². The minimum atomic E-state index is -0.298. The van der Waals surface area contributed by atoms with Crippen molar-refractivity contribution in [3.8, 4) is 5.75 Å². The van der Waals surface area contributed by atoms with Crippen LogP contribution in [-0.4, -0.2) is 18.2 Å². The predicted octanol–water partition coefficient (Wildman–Crippen LogP) is 3.70. The minimum absolute atomic E-state index is 0.264. The Hall–Kier alpha value is -1.51. The number of carbonyl (C=O) groups excluding carboxylic acids is 1. The average molecular weight is 252 g/mol. The summed E-state index contributed by atoms with van der Waals surface area (Å²) in [6, 6.07) is 3.62. The predicted molar refractivity (Wildman–Crippen MR) is 74.0 cm³/mol. The maximum atomic E-state index is 11.3. The van der Waals surface area contributed by atoms with E-state index in [0.29, 0.717) is 0 Å². The van der Waals surface area contributed by atoms with E-state index in [1.807, 2.05) is 26.0 Å². The Balaban J connectivity index is 0.000000873. The van der Waals surface area contributed by atoms with Crippen molar-refractivity contribution in [1.29, 1.82) is 0 Å². The van der Waals surface area contributed by atoms with E-state index in [9.17, 15) is 9.90 Å². The van der Waals surface area contributed by atoms with Gasteiger partial charge in [-0.25, -0.2) is 0 Å². The number of phenolic OH excluding ortho intramolecular Hbond substituents is 1. The summed E-state index contributed by atoms with van der Waals surface area (Å²) >= 11 is 0. The van der Waals surface area contributed by atoms with Crippen LogP contribution in [-0.2, 0) is 9.53 Å². The Morgan fingerprint density at radius 1 is 1.28 bits per heavy atom. The van der Waals surface area contributed by atoms with Gasteiger partial charge in [0, 0.05) is 0 Å². The number of aryl methyl sites for hydroxylation is 2. The first-order chi connectivity index (χ1) is 8.38. The van der Waals surface area contributed by atoms with Crippen molar-refractivity contribution in [2.24, 2.45) is 0 Å². The molecule has 0 aliphatic heterocycles. The van der Waals surface area contributed by atoms with Gasteiger partial charge in [-0.15, -0.1) is 0 Å². The molecule has 1 unspecified atom stereocenters. The molecule has 0 spiro atoms. The molecule has 3 heteroatoms. The van der Waals surface area contributed by atoms with Crippen molar-refractivity contribution in [3.63, 3.8) is 0 Å². The number of phenols is 1. The van der Waals surface area contributed by atoms with Gasteiger partial charge in [-0.05, 0) is 37.5 Å². The van der Waals surface area contributed by atoms with Gasteiger partial charge in [0.25, 0.3) is 0 Å². The summed E-state index contributed by atoms with van der Waals surface area (Å²) in [6.07, 6.45) is 1.25. The highest BCUT2D eigenvalue weighted by atomic mass is 16.5. The van der Waals surface area contributed by atoms with Crippen molar-refractivity contribution in [1.82, 2.24) is 0 Å². The third-order valence-electron chi connectivity index (χ3n) is 2.57. The van der Waals surface area contributed by atoms with Gasteiger partial charge < -0.3 is 9.84 Å². The molecule has 0 aromatic heterocycles. The van der Waals surface area contributed by atoms with Gasteiger partial charge in [0.05, 0.1) is 13.0 Å². The molecule has 0 radical (unpaired) electrons. The fourth-order valence-electron chi connectivity index (χ4n) is 1.55. The van der Waals surface area contributed by atoms with Crippen molar-refractivity contribution in [2.45, 2.75) is 47.0 Å². The lowest BCUT2D eigenvalue weighted by Gasteiger charge is -2.12. The zero-order valence-corrected chi connectivity index (χ0v) is 12.2. The monoisotopic (exact) mass is 252 g/mol. The average Bonchev–Trinajstić information content (AvgIpc) is 2.34. The normalized spacial score (nSPS) is 11.2. The second kappa shape index (κ2) is 7.75. The molecule has 18 heavy (non-hydrogen) atoms. The molecule has 1 aromatic carbocycles. The minimum Gasteiger partial charge on any atom is -0.507 e. The van der Waals surface area contributed by atoms with Crippen LogP contribution >= 0.6 is 0 Å². The van der Waals surface area contributed by atoms with Crippen LogP contribution in [0.15, 0.2) is 12.1 Å². The van der Waals surface area contributed by atoms with Crippen molar-refractivity contribution >= 4 is 5.97 Å². The second-order valence-electron chi connectivity index (χ2n) is 4.46. The number of carbonyl (C=O) groups is 1.